The van der Waals surface area contributed by atoms with Crippen molar-refractivity contribution in [3.05, 3.63) is 47.0 Å². The lowest BCUT2D eigenvalue weighted by molar-refractivity contribution is -0.139. The van der Waals surface area contributed by atoms with Crippen LogP contribution in [0.1, 0.15) is 29.5 Å². The highest BCUT2D eigenvalue weighted by Crippen LogP contribution is 2.41. The summed E-state index contributed by atoms with van der Waals surface area (Å²) in [5.41, 5.74) is 2.09. The van der Waals surface area contributed by atoms with Gasteiger partial charge in [0.2, 0.25) is 0 Å². The summed E-state index contributed by atoms with van der Waals surface area (Å²) in [5.74, 6) is -0.538. The lowest BCUT2D eigenvalue weighted by Crippen LogP contribution is -2.28. The molecule has 0 radical (unpaired) electrons. The maximum atomic E-state index is 13.5. The number of hydrazine groups is 1. The molecule has 1 aromatic rings. The summed E-state index contributed by atoms with van der Waals surface area (Å²) >= 11 is 0. The first-order chi connectivity index (χ1) is 12.0. The van der Waals surface area contributed by atoms with Crippen molar-refractivity contribution in [2.45, 2.75) is 30.8 Å². The molecule has 0 spiro atoms. The summed E-state index contributed by atoms with van der Waals surface area (Å²) < 4.78 is 65.8. The van der Waals surface area contributed by atoms with Gasteiger partial charge in [0, 0.05) is 18.8 Å². The maximum Gasteiger partial charge on any atom is 0.417 e. The van der Waals surface area contributed by atoms with Gasteiger partial charge in [-0.05, 0) is 42.9 Å². The number of nitrogens with zero attached hydrogens (tertiary/aromatic N) is 1. The number of aliphatic hydroxyl groups is 1. The van der Waals surface area contributed by atoms with Crippen molar-refractivity contribution >= 4 is 15.4 Å². The topological polar surface area (TPSA) is 69.6 Å². The summed E-state index contributed by atoms with van der Waals surface area (Å²) in [4.78, 5) is -0.693. The van der Waals surface area contributed by atoms with Crippen molar-refractivity contribution in [2.75, 3.05) is 12.8 Å². The van der Waals surface area contributed by atoms with E-state index in [1.807, 2.05) is 0 Å². The number of benzene rings is 1. The largest absolute Gasteiger partial charge is 0.506 e. The Bertz CT molecular complexity index is 901. The molecule has 0 aromatic heterocycles. The van der Waals surface area contributed by atoms with E-state index in [2.05, 4.69) is 5.43 Å². The van der Waals surface area contributed by atoms with Crippen LogP contribution in [0.15, 0.2) is 35.2 Å². The van der Waals surface area contributed by atoms with E-state index in [-0.39, 0.29) is 34.1 Å². The Hall–Kier alpha value is -2.16. The molecule has 0 amide bonds. The Labute approximate surface area is 149 Å². The smallest absolute Gasteiger partial charge is 0.417 e. The molecule has 1 saturated carbocycles. The van der Waals surface area contributed by atoms with E-state index < -0.39 is 26.5 Å². The third kappa shape index (κ3) is 3.53. The zero-order chi connectivity index (χ0) is 19.3. The van der Waals surface area contributed by atoms with Gasteiger partial charge in [0.25, 0.3) is 0 Å². The van der Waals surface area contributed by atoms with Crippen molar-refractivity contribution in [2.24, 2.45) is 5.92 Å². The standard InChI is InChI=1S/C17H19F3N2O3S/c1-10-12(13-7-21-22(2)8-15(13)23)5-6-14(17(18,19)20)16(10)26(24,25)9-11-3-4-11/h5-8,11,21,23H,3-4,9H2,1-2H3. The number of halogens is 3. The number of allylic oxidation sites excluding steroid dienone is 1. The van der Waals surface area contributed by atoms with E-state index in [9.17, 15) is 26.7 Å². The molecule has 0 bridgehead atoms. The zero-order valence-electron chi connectivity index (χ0n) is 14.3. The molecular weight excluding hydrogens is 369 g/mol. The molecular formula is C17H19F3N2O3S. The number of alkyl halides is 3. The normalized spacial score (nSPS) is 18.3. The highest BCUT2D eigenvalue weighted by molar-refractivity contribution is 7.91. The van der Waals surface area contributed by atoms with Crippen LogP contribution in [0.25, 0.3) is 5.57 Å². The van der Waals surface area contributed by atoms with Crippen LogP contribution in [0.2, 0.25) is 0 Å². The minimum Gasteiger partial charge on any atom is -0.506 e. The van der Waals surface area contributed by atoms with Gasteiger partial charge in [-0.1, -0.05) is 6.07 Å². The SMILES string of the molecule is Cc1c(C2=CNN(C)C=C2O)ccc(C(F)(F)F)c1S(=O)(=O)CC1CC1. The highest BCUT2D eigenvalue weighted by atomic mass is 32.2. The van der Waals surface area contributed by atoms with E-state index in [0.717, 1.165) is 6.07 Å². The van der Waals surface area contributed by atoms with Gasteiger partial charge in [-0.3, -0.25) is 5.01 Å². The number of hydrogen-bond acceptors (Lipinski definition) is 5. The summed E-state index contributed by atoms with van der Waals surface area (Å²) in [5, 5.41) is 11.6. The number of nitrogens with one attached hydrogen (secondary N) is 1. The fourth-order valence-corrected chi connectivity index (χ4v) is 5.25. The predicted molar refractivity (Wildman–Crippen MR) is 90.5 cm³/mol. The summed E-state index contributed by atoms with van der Waals surface area (Å²) in [6, 6.07) is 1.96. The van der Waals surface area contributed by atoms with E-state index in [4.69, 9.17) is 0 Å². The van der Waals surface area contributed by atoms with Crippen LogP contribution >= 0.6 is 0 Å². The van der Waals surface area contributed by atoms with Crippen molar-refractivity contribution in [3.63, 3.8) is 0 Å². The van der Waals surface area contributed by atoms with Crippen LogP contribution < -0.4 is 5.43 Å². The van der Waals surface area contributed by atoms with Crippen LogP contribution in [0, 0.1) is 12.8 Å². The molecule has 0 atom stereocenters. The molecule has 0 saturated heterocycles. The number of sulfone groups is 1. The van der Waals surface area contributed by atoms with Crippen molar-refractivity contribution in [3.8, 4) is 0 Å². The van der Waals surface area contributed by atoms with Crippen molar-refractivity contribution in [1.29, 1.82) is 0 Å². The van der Waals surface area contributed by atoms with E-state index in [0.29, 0.717) is 12.8 Å². The molecule has 1 heterocycles. The van der Waals surface area contributed by atoms with Crippen molar-refractivity contribution in [1.82, 2.24) is 10.4 Å². The van der Waals surface area contributed by atoms with Gasteiger partial charge in [0.15, 0.2) is 9.84 Å². The molecule has 2 N–H and O–H groups in total. The van der Waals surface area contributed by atoms with E-state index in [1.54, 1.807) is 7.05 Å². The fraction of sp³-hybridized carbons (Fsp3) is 0.412. The minimum atomic E-state index is -4.79. The average Bonchev–Trinajstić information content (AvgIpc) is 3.29. The Morgan fingerprint density at radius 2 is 1.96 bits per heavy atom. The third-order valence-corrected chi connectivity index (χ3v) is 6.53. The van der Waals surface area contributed by atoms with Crippen LogP contribution in [0.5, 0.6) is 0 Å². The van der Waals surface area contributed by atoms with Gasteiger partial charge in [0.05, 0.1) is 22.4 Å². The maximum absolute atomic E-state index is 13.5. The van der Waals surface area contributed by atoms with Crippen molar-refractivity contribution < 1.29 is 26.7 Å². The Morgan fingerprint density at radius 3 is 2.50 bits per heavy atom. The summed E-state index contributed by atoms with van der Waals surface area (Å²) in [6.07, 6.45) is -0.589. The molecule has 1 aliphatic heterocycles. The second-order valence-corrected chi connectivity index (χ2v) is 8.62. The number of rotatable bonds is 4. The molecule has 1 aliphatic carbocycles. The quantitative estimate of drug-likeness (QED) is 0.828. The van der Waals surface area contributed by atoms with Crippen LogP contribution in [-0.2, 0) is 16.0 Å². The van der Waals surface area contributed by atoms with Gasteiger partial charge >= 0.3 is 6.18 Å². The van der Waals surface area contributed by atoms with Gasteiger partial charge in [-0.2, -0.15) is 13.2 Å². The second kappa shape index (κ2) is 6.22. The molecule has 26 heavy (non-hydrogen) atoms. The molecule has 1 fully saturated rings. The average molecular weight is 388 g/mol. The van der Waals surface area contributed by atoms with Gasteiger partial charge in [0.1, 0.15) is 5.76 Å². The second-order valence-electron chi connectivity index (χ2n) is 6.65. The predicted octanol–water partition coefficient (Wildman–Crippen LogP) is 3.39. The van der Waals surface area contributed by atoms with E-state index >= 15 is 0 Å². The molecule has 142 valence electrons. The Morgan fingerprint density at radius 1 is 1.31 bits per heavy atom. The minimum absolute atomic E-state index is 0.0157. The molecule has 3 rings (SSSR count). The van der Waals surface area contributed by atoms with Gasteiger partial charge in [-0.25, -0.2) is 8.42 Å². The number of aliphatic hydroxyl groups excluding tert-OH is 1. The van der Waals surface area contributed by atoms with Gasteiger partial charge < -0.3 is 10.5 Å². The molecule has 2 aliphatic rings. The van der Waals surface area contributed by atoms with Crippen LogP contribution in [0.4, 0.5) is 13.2 Å². The lowest BCUT2D eigenvalue weighted by atomic mass is 9.97. The Balaban J connectivity index is 2.18. The molecule has 1 aromatic carbocycles. The van der Waals surface area contributed by atoms with Crippen LogP contribution in [-0.4, -0.2) is 31.3 Å². The fourth-order valence-electron chi connectivity index (χ4n) is 3.03. The highest BCUT2D eigenvalue weighted by Gasteiger charge is 2.40. The molecule has 9 heteroatoms. The molecule has 0 unspecified atom stereocenters. The monoisotopic (exact) mass is 388 g/mol. The number of hydrogen-bond donors (Lipinski definition) is 2. The van der Waals surface area contributed by atoms with Gasteiger partial charge in [-0.15, -0.1) is 0 Å². The first kappa shape index (κ1) is 18.6. The Kier molecular flexibility index (Phi) is 4.46. The first-order valence-corrected chi connectivity index (χ1v) is 9.70. The lowest BCUT2D eigenvalue weighted by Gasteiger charge is -2.24. The van der Waals surface area contributed by atoms with E-state index in [1.165, 1.54) is 30.4 Å². The zero-order valence-corrected chi connectivity index (χ0v) is 15.1. The first-order valence-electron chi connectivity index (χ1n) is 8.05. The third-order valence-electron chi connectivity index (χ3n) is 4.47. The summed E-state index contributed by atoms with van der Waals surface area (Å²) in [7, 11) is -2.48. The summed E-state index contributed by atoms with van der Waals surface area (Å²) in [6.45, 7) is 1.34. The van der Waals surface area contributed by atoms with Crippen LogP contribution in [0.3, 0.4) is 0 Å². The molecule has 5 nitrogen and oxygen atoms in total.